The van der Waals surface area contributed by atoms with E-state index < -0.39 is 0 Å². The normalized spacial score (nSPS) is 16.4. The Labute approximate surface area is 160 Å². The topological polar surface area (TPSA) is 22.3 Å². The predicted octanol–water partition coefficient (Wildman–Crippen LogP) is 4.67. The summed E-state index contributed by atoms with van der Waals surface area (Å²) in [6.45, 7) is 5.90. The molecule has 136 valence electrons. The standard InChI is InChI=1S/C22H26ClN3/c1-25-12-14-26(15-13-25)11-5-9-20-19-8-2-3-10-21(19)24-22(20)17-6-4-7-18(23)16-17/h2-4,6-8,10,16,24H,5,9,11-15H2,1H3. The number of aromatic amines is 1. The molecule has 0 unspecified atom stereocenters. The second-order valence-corrected chi connectivity index (χ2v) is 7.72. The van der Waals surface area contributed by atoms with Crippen molar-refractivity contribution >= 4 is 22.5 Å². The summed E-state index contributed by atoms with van der Waals surface area (Å²) in [6.07, 6.45) is 2.26. The molecule has 1 N–H and O–H groups in total. The molecule has 0 aliphatic carbocycles. The Balaban J connectivity index is 1.56. The lowest BCUT2D eigenvalue weighted by atomic mass is 10.0. The van der Waals surface area contributed by atoms with Gasteiger partial charge >= 0.3 is 0 Å². The van der Waals surface area contributed by atoms with Gasteiger partial charge in [-0.05, 0) is 55.8 Å². The van der Waals surface area contributed by atoms with Crippen molar-refractivity contribution < 1.29 is 0 Å². The summed E-state index contributed by atoms with van der Waals surface area (Å²) >= 11 is 6.24. The van der Waals surface area contributed by atoms with Gasteiger partial charge in [0.15, 0.2) is 0 Å². The first-order valence-electron chi connectivity index (χ1n) is 9.47. The predicted molar refractivity (Wildman–Crippen MR) is 111 cm³/mol. The highest BCUT2D eigenvalue weighted by atomic mass is 35.5. The number of aryl methyl sites for hydroxylation is 1. The molecular formula is C22H26ClN3. The number of hydrogen-bond acceptors (Lipinski definition) is 2. The van der Waals surface area contributed by atoms with E-state index in [1.54, 1.807) is 0 Å². The van der Waals surface area contributed by atoms with Crippen molar-refractivity contribution in [2.75, 3.05) is 39.8 Å². The third-order valence-corrected chi connectivity index (χ3v) is 5.66. The number of para-hydroxylation sites is 1. The van der Waals surface area contributed by atoms with Crippen LogP contribution in [0.15, 0.2) is 48.5 Å². The largest absolute Gasteiger partial charge is 0.354 e. The Morgan fingerprint density at radius 2 is 1.81 bits per heavy atom. The monoisotopic (exact) mass is 367 g/mol. The molecule has 2 aromatic carbocycles. The number of aromatic nitrogens is 1. The summed E-state index contributed by atoms with van der Waals surface area (Å²) < 4.78 is 0. The summed E-state index contributed by atoms with van der Waals surface area (Å²) in [5.74, 6) is 0. The van der Waals surface area contributed by atoms with Crippen LogP contribution in [0.2, 0.25) is 5.02 Å². The smallest absolute Gasteiger partial charge is 0.0497 e. The molecule has 0 atom stereocenters. The van der Waals surface area contributed by atoms with Crippen LogP contribution in [-0.2, 0) is 6.42 Å². The second kappa shape index (κ2) is 7.83. The van der Waals surface area contributed by atoms with E-state index in [1.807, 2.05) is 12.1 Å². The van der Waals surface area contributed by atoms with Gasteiger partial charge < -0.3 is 14.8 Å². The molecule has 0 spiro atoms. The quantitative estimate of drug-likeness (QED) is 0.708. The van der Waals surface area contributed by atoms with Crippen LogP contribution < -0.4 is 0 Å². The van der Waals surface area contributed by atoms with E-state index in [-0.39, 0.29) is 0 Å². The van der Waals surface area contributed by atoms with Crippen molar-refractivity contribution in [1.29, 1.82) is 0 Å². The summed E-state index contributed by atoms with van der Waals surface area (Å²) in [4.78, 5) is 8.62. The van der Waals surface area contributed by atoms with Crippen molar-refractivity contribution in [3.8, 4) is 11.3 Å². The molecule has 2 heterocycles. The average Bonchev–Trinajstić information content (AvgIpc) is 3.02. The minimum Gasteiger partial charge on any atom is -0.354 e. The van der Waals surface area contributed by atoms with E-state index in [0.29, 0.717) is 0 Å². The molecule has 4 heteroatoms. The van der Waals surface area contributed by atoms with Crippen LogP contribution in [0.1, 0.15) is 12.0 Å². The first-order valence-corrected chi connectivity index (χ1v) is 9.85. The zero-order valence-electron chi connectivity index (χ0n) is 15.3. The number of piperazine rings is 1. The van der Waals surface area contributed by atoms with Gasteiger partial charge in [0.25, 0.3) is 0 Å². The maximum absolute atomic E-state index is 6.24. The lowest BCUT2D eigenvalue weighted by Crippen LogP contribution is -2.44. The lowest BCUT2D eigenvalue weighted by molar-refractivity contribution is 0.153. The fourth-order valence-electron chi connectivity index (χ4n) is 3.90. The molecule has 1 saturated heterocycles. The molecule has 1 aliphatic heterocycles. The molecule has 3 nitrogen and oxygen atoms in total. The Hall–Kier alpha value is -1.81. The minimum atomic E-state index is 0.782. The summed E-state index contributed by atoms with van der Waals surface area (Å²) in [7, 11) is 2.21. The second-order valence-electron chi connectivity index (χ2n) is 7.28. The van der Waals surface area contributed by atoms with Gasteiger partial charge in [-0.25, -0.2) is 0 Å². The van der Waals surface area contributed by atoms with Gasteiger partial charge in [-0.3, -0.25) is 0 Å². The fraction of sp³-hybridized carbons (Fsp3) is 0.364. The van der Waals surface area contributed by atoms with Crippen molar-refractivity contribution in [1.82, 2.24) is 14.8 Å². The molecule has 1 aromatic heterocycles. The number of halogens is 1. The summed E-state index contributed by atoms with van der Waals surface area (Å²) in [5.41, 5.74) is 5.00. The Morgan fingerprint density at radius 3 is 2.62 bits per heavy atom. The molecule has 0 bridgehead atoms. The molecule has 0 radical (unpaired) electrons. The Morgan fingerprint density at radius 1 is 1.00 bits per heavy atom. The van der Waals surface area contributed by atoms with Crippen molar-refractivity contribution in [2.24, 2.45) is 0 Å². The van der Waals surface area contributed by atoms with Gasteiger partial charge in [0.2, 0.25) is 0 Å². The molecule has 4 rings (SSSR count). The molecule has 26 heavy (non-hydrogen) atoms. The Kier molecular flexibility index (Phi) is 5.30. The van der Waals surface area contributed by atoms with E-state index >= 15 is 0 Å². The molecule has 0 amide bonds. The number of likely N-dealkylation sites (N-methyl/N-ethyl adjacent to an activating group) is 1. The molecular weight excluding hydrogens is 342 g/mol. The van der Waals surface area contributed by atoms with Crippen LogP contribution in [0, 0.1) is 0 Å². The highest BCUT2D eigenvalue weighted by molar-refractivity contribution is 6.30. The third kappa shape index (κ3) is 3.80. The number of nitrogens with one attached hydrogen (secondary N) is 1. The zero-order chi connectivity index (χ0) is 17.9. The maximum Gasteiger partial charge on any atom is 0.0497 e. The SMILES string of the molecule is CN1CCN(CCCc2c(-c3cccc(Cl)c3)[nH]c3ccccc23)CC1. The van der Waals surface area contributed by atoms with Crippen LogP contribution in [0.4, 0.5) is 0 Å². The van der Waals surface area contributed by atoms with Crippen LogP contribution in [0.3, 0.4) is 0 Å². The molecule has 0 saturated carbocycles. The summed E-state index contributed by atoms with van der Waals surface area (Å²) in [5, 5.41) is 2.12. The van der Waals surface area contributed by atoms with Gasteiger partial charge in [0.05, 0.1) is 0 Å². The van der Waals surface area contributed by atoms with Gasteiger partial charge in [-0.1, -0.05) is 41.9 Å². The number of hydrogen-bond donors (Lipinski definition) is 1. The first kappa shape index (κ1) is 17.6. The molecule has 3 aromatic rings. The van der Waals surface area contributed by atoms with Gasteiger partial charge in [0, 0.05) is 47.8 Å². The van der Waals surface area contributed by atoms with Crippen molar-refractivity contribution in [3.05, 3.63) is 59.1 Å². The van der Waals surface area contributed by atoms with E-state index in [2.05, 4.69) is 58.2 Å². The highest BCUT2D eigenvalue weighted by Crippen LogP contribution is 2.32. The fourth-order valence-corrected chi connectivity index (χ4v) is 4.09. The first-order chi connectivity index (χ1) is 12.7. The van der Waals surface area contributed by atoms with Crippen molar-refractivity contribution in [3.63, 3.8) is 0 Å². The number of rotatable bonds is 5. The number of H-pyrrole nitrogens is 1. The van der Waals surface area contributed by atoms with E-state index in [0.717, 1.165) is 11.4 Å². The maximum atomic E-state index is 6.24. The van der Waals surface area contributed by atoms with Gasteiger partial charge in [0.1, 0.15) is 0 Å². The van der Waals surface area contributed by atoms with Crippen LogP contribution in [0.5, 0.6) is 0 Å². The molecule has 1 aliphatic rings. The number of nitrogens with zero attached hydrogens (tertiary/aromatic N) is 2. The van der Waals surface area contributed by atoms with Crippen LogP contribution in [-0.4, -0.2) is 54.6 Å². The van der Waals surface area contributed by atoms with Gasteiger partial charge in [-0.15, -0.1) is 0 Å². The third-order valence-electron chi connectivity index (χ3n) is 5.42. The Bertz CT molecular complexity index is 878. The minimum absolute atomic E-state index is 0.782. The average molecular weight is 368 g/mol. The lowest BCUT2D eigenvalue weighted by Gasteiger charge is -2.32. The highest BCUT2D eigenvalue weighted by Gasteiger charge is 2.16. The van der Waals surface area contributed by atoms with Crippen molar-refractivity contribution in [2.45, 2.75) is 12.8 Å². The van der Waals surface area contributed by atoms with E-state index in [1.165, 1.54) is 66.9 Å². The van der Waals surface area contributed by atoms with E-state index in [9.17, 15) is 0 Å². The zero-order valence-corrected chi connectivity index (χ0v) is 16.1. The number of benzene rings is 2. The van der Waals surface area contributed by atoms with Crippen LogP contribution >= 0.6 is 11.6 Å². The number of fused-ring (bicyclic) bond motifs is 1. The summed E-state index contributed by atoms with van der Waals surface area (Å²) in [6, 6.07) is 16.8. The van der Waals surface area contributed by atoms with E-state index in [4.69, 9.17) is 11.6 Å². The van der Waals surface area contributed by atoms with Crippen LogP contribution in [0.25, 0.3) is 22.2 Å². The molecule has 1 fully saturated rings. The van der Waals surface area contributed by atoms with Gasteiger partial charge in [-0.2, -0.15) is 0 Å².